The first kappa shape index (κ1) is 39.1. The lowest BCUT2D eigenvalue weighted by Crippen LogP contribution is -2.42. The van der Waals surface area contributed by atoms with Crippen LogP contribution in [0.3, 0.4) is 0 Å². The van der Waals surface area contributed by atoms with Crippen molar-refractivity contribution in [2.24, 2.45) is 17.3 Å². The quantitative estimate of drug-likeness (QED) is 0.0532. The molecule has 0 aliphatic rings. The standard InChI is InChI=1S/C52H44N6O2S2/c1-55-42-19-7-5-17-39(42)29-31-44(55)45-32-30-40-18-6-8-20-43(40)56(45)33-13-14-34-60-50(59)41-27-25-38(26-28-41)36-58-47-22-10-12-24-49(47)62-52(58)54-53-51-57(35-37-15-3-2-4-16-37)46-21-9-11-23-48(46)61-51/h2-12,15-32H,13-14,33-36H2,1H3/q+2. The number of unbranched alkanes of at least 4 members (excludes halogenated alkanes) is 1. The van der Waals surface area contributed by atoms with Crippen LogP contribution in [-0.4, -0.2) is 21.7 Å². The minimum absolute atomic E-state index is 0.312. The van der Waals surface area contributed by atoms with E-state index in [9.17, 15) is 4.79 Å². The van der Waals surface area contributed by atoms with Crippen LogP contribution in [0.2, 0.25) is 0 Å². The van der Waals surface area contributed by atoms with Gasteiger partial charge in [0.25, 0.3) is 11.4 Å². The molecule has 0 unspecified atom stereocenters. The van der Waals surface area contributed by atoms with Gasteiger partial charge in [0, 0.05) is 41.5 Å². The summed E-state index contributed by atoms with van der Waals surface area (Å²) in [6.45, 7) is 2.43. The number of rotatable bonds is 12. The van der Waals surface area contributed by atoms with Gasteiger partial charge in [0.1, 0.15) is 13.6 Å². The molecule has 62 heavy (non-hydrogen) atoms. The molecule has 0 spiro atoms. The molecule has 304 valence electrons. The number of fused-ring (bicyclic) bond motifs is 4. The van der Waals surface area contributed by atoms with E-state index in [1.165, 1.54) is 32.1 Å². The Kier molecular flexibility index (Phi) is 11.1. The first-order valence-corrected chi connectivity index (χ1v) is 22.5. The molecule has 0 aliphatic heterocycles. The monoisotopic (exact) mass is 848 g/mol. The highest BCUT2D eigenvalue weighted by atomic mass is 32.1. The SMILES string of the molecule is C[n+]1c(-c2ccc3ccccc3[n+]2CCCCOC(=O)c2ccc(Cn3c(=NN=c4sc5ccccc5n4Cc4ccccc4)sc4ccccc43)cc2)ccc2ccccc21. The molecule has 10 heteroatoms. The molecule has 0 N–H and O–H groups in total. The van der Waals surface area contributed by atoms with Crippen LogP contribution in [0, 0.1) is 0 Å². The number of carbonyl (C=O) groups is 1. The molecule has 6 aromatic carbocycles. The second-order valence-corrected chi connectivity index (χ2v) is 17.4. The molecule has 0 atom stereocenters. The zero-order valence-corrected chi connectivity index (χ0v) is 35.9. The summed E-state index contributed by atoms with van der Waals surface area (Å²) in [5, 5.41) is 12.2. The summed E-state index contributed by atoms with van der Waals surface area (Å²) in [7, 11) is 2.13. The number of thiazole rings is 2. The van der Waals surface area contributed by atoms with Crippen molar-refractivity contribution in [1.82, 2.24) is 9.13 Å². The number of aromatic nitrogens is 4. The Balaban J connectivity index is 0.834. The van der Waals surface area contributed by atoms with Crippen molar-refractivity contribution in [1.29, 1.82) is 0 Å². The molecule has 0 bridgehead atoms. The number of carbonyl (C=O) groups excluding carboxylic acids is 1. The van der Waals surface area contributed by atoms with Gasteiger partial charge in [0.05, 0.1) is 45.7 Å². The van der Waals surface area contributed by atoms with Gasteiger partial charge >= 0.3 is 5.97 Å². The van der Waals surface area contributed by atoms with E-state index in [1.807, 2.05) is 30.3 Å². The first-order chi connectivity index (χ1) is 30.6. The summed E-state index contributed by atoms with van der Waals surface area (Å²) in [5.74, 6) is -0.312. The minimum Gasteiger partial charge on any atom is -0.462 e. The second-order valence-electron chi connectivity index (χ2n) is 15.4. The van der Waals surface area contributed by atoms with E-state index in [0.717, 1.165) is 61.7 Å². The van der Waals surface area contributed by atoms with Gasteiger partial charge in [-0.3, -0.25) is 0 Å². The maximum Gasteiger partial charge on any atom is 0.338 e. The average Bonchev–Trinajstić information content (AvgIpc) is 3.85. The topological polar surface area (TPSA) is 68.6 Å². The normalized spacial score (nSPS) is 12.3. The van der Waals surface area contributed by atoms with E-state index in [4.69, 9.17) is 14.9 Å². The Morgan fingerprint density at radius 2 is 1.08 bits per heavy atom. The number of nitrogens with zero attached hydrogens (tertiary/aromatic N) is 6. The molecule has 0 saturated carbocycles. The zero-order valence-electron chi connectivity index (χ0n) is 34.3. The molecule has 0 amide bonds. The maximum atomic E-state index is 13.3. The fourth-order valence-corrected chi connectivity index (χ4v) is 10.2. The molecular formula is C52H44N6O2S2+2. The molecule has 4 aromatic heterocycles. The third kappa shape index (κ3) is 7.98. The van der Waals surface area contributed by atoms with Crippen LogP contribution in [0.25, 0.3) is 53.6 Å². The lowest BCUT2D eigenvalue weighted by molar-refractivity contribution is -0.680. The summed E-state index contributed by atoms with van der Waals surface area (Å²) in [6, 6.07) is 60.7. The summed E-state index contributed by atoms with van der Waals surface area (Å²) < 4.78 is 17.2. The summed E-state index contributed by atoms with van der Waals surface area (Å²) >= 11 is 3.26. The fraction of sp³-hybridized carbons (Fsp3) is 0.135. The lowest BCUT2D eigenvalue weighted by Gasteiger charge is -2.09. The van der Waals surface area contributed by atoms with Crippen LogP contribution in [0.5, 0.6) is 0 Å². The van der Waals surface area contributed by atoms with Crippen LogP contribution >= 0.6 is 22.7 Å². The Morgan fingerprint density at radius 1 is 0.548 bits per heavy atom. The van der Waals surface area contributed by atoms with E-state index >= 15 is 0 Å². The summed E-state index contributed by atoms with van der Waals surface area (Å²) in [6.07, 6.45) is 1.60. The van der Waals surface area contributed by atoms with Gasteiger partial charge in [0.2, 0.25) is 20.6 Å². The van der Waals surface area contributed by atoms with E-state index in [0.29, 0.717) is 25.3 Å². The van der Waals surface area contributed by atoms with Gasteiger partial charge in [-0.1, -0.05) is 114 Å². The summed E-state index contributed by atoms with van der Waals surface area (Å²) in [4.78, 5) is 14.9. The molecular weight excluding hydrogens is 805 g/mol. The van der Waals surface area contributed by atoms with E-state index in [2.05, 4.69) is 171 Å². The number of para-hydroxylation sites is 4. The molecule has 0 aliphatic carbocycles. The van der Waals surface area contributed by atoms with Crippen LogP contribution in [0.4, 0.5) is 0 Å². The van der Waals surface area contributed by atoms with Crippen molar-refractivity contribution in [3.05, 3.63) is 202 Å². The molecule has 4 heterocycles. The Bertz CT molecular complexity index is 3380. The summed E-state index contributed by atoms with van der Waals surface area (Å²) in [5.41, 5.74) is 9.69. The fourth-order valence-electron chi connectivity index (χ4n) is 8.23. The Labute approximate surface area is 366 Å². The van der Waals surface area contributed by atoms with Gasteiger partial charge < -0.3 is 13.9 Å². The Hall–Kier alpha value is -7.01. The zero-order chi connectivity index (χ0) is 41.8. The van der Waals surface area contributed by atoms with Crippen LogP contribution in [-0.2, 0) is 31.4 Å². The smallest absolute Gasteiger partial charge is 0.338 e. The number of hydrogen-bond donors (Lipinski definition) is 0. The van der Waals surface area contributed by atoms with Crippen LogP contribution < -0.4 is 18.7 Å². The van der Waals surface area contributed by atoms with Crippen molar-refractivity contribution in [2.45, 2.75) is 32.5 Å². The van der Waals surface area contributed by atoms with Crippen molar-refractivity contribution >= 4 is 70.9 Å². The third-order valence-electron chi connectivity index (χ3n) is 11.4. The highest BCUT2D eigenvalue weighted by molar-refractivity contribution is 7.16. The van der Waals surface area contributed by atoms with Gasteiger partial charge in [0.15, 0.2) is 0 Å². The molecule has 8 nitrogen and oxygen atoms in total. The number of benzene rings is 6. The highest BCUT2D eigenvalue weighted by Gasteiger charge is 2.25. The first-order valence-electron chi connectivity index (χ1n) is 20.9. The molecule has 10 rings (SSSR count). The van der Waals surface area contributed by atoms with E-state index in [1.54, 1.807) is 22.7 Å². The third-order valence-corrected chi connectivity index (χ3v) is 13.5. The van der Waals surface area contributed by atoms with Crippen LogP contribution in [0.1, 0.15) is 34.3 Å². The molecule has 10 aromatic rings. The minimum atomic E-state index is -0.312. The van der Waals surface area contributed by atoms with Gasteiger partial charge in [-0.05, 0) is 78.2 Å². The number of hydrogen-bond acceptors (Lipinski definition) is 6. The molecule has 0 fully saturated rings. The number of aryl methyl sites for hydroxylation is 2. The molecule has 0 radical (unpaired) electrons. The largest absolute Gasteiger partial charge is 0.462 e. The predicted octanol–water partition coefficient (Wildman–Crippen LogP) is 9.95. The van der Waals surface area contributed by atoms with Crippen molar-refractivity contribution in [2.75, 3.05) is 6.61 Å². The second kappa shape index (κ2) is 17.5. The van der Waals surface area contributed by atoms with E-state index < -0.39 is 0 Å². The van der Waals surface area contributed by atoms with Gasteiger partial charge in [-0.25, -0.2) is 4.79 Å². The lowest BCUT2D eigenvalue weighted by atomic mass is 10.1. The van der Waals surface area contributed by atoms with Gasteiger partial charge in [-0.2, -0.15) is 9.13 Å². The Morgan fingerprint density at radius 3 is 1.74 bits per heavy atom. The van der Waals surface area contributed by atoms with E-state index in [-0.39, 0.29) is 5.97 Å². The highest BCUT2D eigenvalue weighted by Crippen LogP contribution is 2.22. The van der Waals surface area contributed by atoms with Crippen molar-refractivity contribution in [3.63, 3.8) is 0 Å². The molecule has 0 saturated heterocycles. The van der Waals surface area contributed by atoms with Gasteiger partial charge in [-0.15, -0.1) is 10.2 Å². The number of pyridine rings is 2. The number of ether oxygens (including phenoxy) is 1. The predicted molar refractivity (Wildman–Crippen MR) is 250 cm³/mol. The van der Waals surface area contributed by atoms with Crippen LogP contribution in [0.15, 0.2) is 186 Å². The maximum absolute atomic E-state index is 13.3. The number of esters is 1. The van der Waals surface area contributed by atoms with Crippen molar-refractivity contribution < 1.29 is 18.7 Å². The van der Waals surface area contributed by atoms with Crippen molar-refractivity contribution in [3.8, 4) is 11.4 Å². The average molecular weight is 849 g/mol.